The van der Waals surface area contributed by atoms with E-state index in [4.69, 9.17) is 16.3 Å². The van der Waals surface area contributed by atoms with Gasteiger partial charge in [0.1, 0.15) is 11.4 Å². The number of ether oxygens (including phenoxy) is 1. The number of benzene rings is 2. The third-order valence-electron chi connectivity index (χ3n) is 4.04. The lowest BCUT2D eigenvalue weighted by atomic mass is 10.2. The average Bonchev–Trinajstić information content (AvgIpc) is 2.77. The van der Waals surface area contributed by atoms with E-state index in [1.165, 1.54) is 12.1 Å². The molecule has 0 aromatic heterocycles. The smallest absolute Gasteiger partial charge is 0.343 e. The van der Waals surface area contributed by atoms with E-state index >= 15 is 0 Å². The normalized spacial score (nSPS) is 16.6. The summed E-state index contributed by atoms with van der Waals surface area (Å²) in [6, 6.07) is 11.5. The van der Waals surface area contributed by atoms with Gasteiger partial charge in [0.15, 0.2) is 6.61 Å². The predicted octanol–water partition coefficient (Wildman–Crippen LogP) is 4.55. The van der Waals surface area contributed by atoms with E-state index in [9.17, 15) is 14.0 Å². The number of para-hydroxylation sites is 1. The van der Waals surface area contributed by atoms with Crippen molar-refractivity contribution in [2.75, 3.05) is 18.1 Å². The summed E-state index contributed by atoms with van der Waals surface area (Å²) >= 11 is 7.56. The fourth-order valence-corrected chi connectivity index (χ4v) is 4.07. The first-order valence-electron chi connectivity index (χ1n) is 8.14. The predicted molar refractivity (Wildman–Crippen MR) is 100 cm³/mol. The van der Waals surface area contributed by atoms with E-state index in [0.29, 0.717) is 11.8 Å². The minimum absolute atomic E-state index is 0.0483. The van der Waals surface area contributed by atoms with Crippen LogP contribution in [0.15, 0.2) is 47.4 Å². The van der Waals surface area contributed by atoms with Gasteiger partial charge in [-0.15, -0.1) is 11.8 Å². The summed E-state index contributed by atoms with van der Waals surface area (Å²) in [4.78, 5) is 27.4. The van der Waals surface area contributed by atoms with Crippen molar-refractivity contribution in [2.24, 2.45) is 0 Å². The first-order valence-corrected chi connectivity index (χ1v) is 9.40. The summed E-state index contributed by atoms with van der Waals surface area (Å²) in [5.74, 6) is -2.08. The third kappa shape index (κ3) is 4.02. The van der Waals surface area contributed by atoms with E-state index in [-0.39, 0.29) is 16.5 Å². The fourth-order valence-electron chi connectivity index (χ4n) is 2.72. The molecule has 1 aliphatic heterocycles. The maximum atomic E-state index is 13.8. The van der Waals surface area contributed by atoms with E-state index in [0.717, 1.165) is 23.1 Å². The first-order chi connectivity index (χ1) is 12.5. The van der Waals surface area contributed by atoms with Crippen LogP contribution >= 0.6 is 23.4 Å². The van der Waals surface area contributed by atoms with Crippen molar-refractivity contribution in [3.05, 3.63) is 58.9 Å². The van der Waals surface area contributed by atoms with Crippen LogP contribution in [0, 0.1) is 5.82 Å². The van der Waals surface area contributed by atoms with Crippen LogP contribution in [0.1, 0.15) is 23.7 Å². The second-order valence-corrected chi connectivity index (χ2v) is 7.79. The number of carbonyl (C=O) groups is 2. The number of thioether (sulfide) groups is 1. The van der Waals surface area contributed by atoms with Crippen LogP contribution in [0.5, 0.6) is 0 Å². The molecule has 4 nitrogen and oxygen atoms in total. The molecule has 1 amide bonds. The monoisotopic (exact) mass is 393 g/mol. The van der Waals surface area contributed by atoms with Crippen LogP contribution in [0.4, 0.5) is 10.1 Å². The fraction of sp³-hybridized carbons (Fsp3) is 0.263. The largest absolute Gasteiger partial charge is 0.452 e. The molecule has 0 fully saturated rings. The van der Waals surface area contributed by atoms with Gasteiger partial charge in [-0.1, -0.05) is 36.7 Å². The van der Waals surface area contributed by atoms with Crippen molar-refractivity contribution in [3.8, 4) is 0 Å². The molecule has 2 aromatic rings. The quantitative estimate of drug-likeness (QED) is 0.717. The SMILES string of the molecule is C[C@@H]1CCN(C(=O)COC(=O)c2c(F)cccc2Cl)c2ccccc2S1. The molecule has 0 unspecified atom stereocenters. The molecule has 1 aliphatic rings. The zero-order chi connectivity index (χ0) is 18.7. The van der Waals surface area contributed by atoms with Crippen molar-refractivity contribution in [1.82, 2.24) is 0 Å². The number of hydrogen-bond donors (Lipinski definition) is 0. The molecule has 0 bridgehead atoms. The van der Waals surface area contributed by atoms with Gasteiger partial charge in [-0.05, 0) is 30.7 Å². The summed E-state index contributed by atoms with van der Waals surface area (Å²) in [6.07, 6.45) is 0.818. The lowest BCUT2D eigenvalue weighted by Crippen LogP contribution is -2.35. The zero-order valence-electron chi connectivity index (χ0n) is 14.1. The van der Waals surface area contributed by atoms with Gasteiger partial charge < -0.3 is 9.64 Å². The van der Waals surface area contributed by atoms with Crippen molar-refractivity contribution in [2.45, 2.75) is 23.5 Å². The highest BCUT2D eigenvalue weighted by atomic mass is 35.5. The summed E-state index contributed by atoms with van der Waals surface area (Å²) < 4.78 is 18.8. The number of hydrogen-bond acceptors (Lipinski definition) is 4. The van der Waals surface area contributed by atoms with Gasteiger partial charge in [-0.25, -0.2) is 9.18 Å². The van der Waals surface area contributed by atoms with Crippen LogP contribution < -0.4 is 4.90 Å². The van der Waals surface area contributed by atoms with Gasteiger partial charge in [0.25, 0.3) is 5.91 Å². The topological polar surface area (TPSA) is 46.6 Å². The Hall–Kier alpha value is -2.05. The lowest BCUT2D eigenvalue weighted by molar-refractivity contribution is -0.121. The van der Waals surface area contributed by atoms with Crippen LogP contribution in [0.25, 0.3) is 0 Å². The van der Waals surface area contributed by atoms with Crippen LogP contribution in [0.2, 0.25) is 5.02 Å². The molecule has 0 saturated heterocycles. The summed E-state index contributed by atoms with van der Waals surface area (Å²) in [6.45, 7) is 2.16. The minimum atomic E-state index is -0.952. The molecule has 2 aromatic carbocycles. The molecule has 1 heterocycles. The summed E-state index contributed by atoms with van der Waals surface area (Å²) in [5.41, 5.74) is 0.439. The van der Waals surface area contributed by atoms with Gasteiger partial charge in [0.05, 0.1) is 10.7 Å². The molecule has 1 atom stereocenters. The van der Waals surface area contributed by atoms with E-state index < -0.39 is 18.4 Å². The second kappa shape index (κ2) is 8.10. The Bertz CT molecular complexity index is 825. The number of amides is 1. The van der Waals surface area contributed by atoms with Crippen LogP contribution in [-0.4, -0.2) is 30.3 Å². The molecule has 0 aliphatic carbocycles. The van der Waals surface area contributed by atoms with E-state index in [1.54, 1.807) is 16.7 Å². The number of carbonyl (C=O) groups excluding carboxylic acids is 2. The molecule has 0 N–H and O–H groups in total. The lowest BCUT2D eigenvalue weighted by Gasteiger charge is -2.22. The maximum absolute atomic E-state index is 13.8. The van der Waals surface area contributed by atoms with E-state index in [2.05, 4.69) is 6.92 Å². The van der Waals surface area contributed by atoms with Crippen LogP contribution in [0.3, 0.4) is 0 Å². The number of esters is 1. The number of fused-ring (bicyclic) bond motifs is 1. The third-order valence-corrected chi connectivity index (χ3v) is 5.59. The van der Waals surface area contributed by atoms with Gasteiger partial charge in [-0.2, -0.15) is 0 Å². The zero-order valence-corrected chi connectivity index (χ0v) is 15.6. The molecule has 136 valence electrons. The van der Waals surface area contributed by atoms with Gasteiger partial charge in [0, 0.05) is 16.7 Å². The van der Waals surface area contributed by atoms with Gasteiger partial charge >= 0.3 is 5.97 Å². The minimum Gasteiger partial charge on any atom is -0.452 e. The number of rotatable bonds is 3. The number of nitrogens with zero attached hydrogens (tertiary/aromatic N) is 1. The van der Waals surface area contributed by atoms with Crippen molar-refractivity contribution < 1.29 is 18.7 Å². The highest BCUT2D eigenvalue weighted by molar-refractivity contribution is 8.00. The molecule has 0 spiro atoms. The second-order valence-electron chi connectivity index (χ2n) is 5.90. The average molecular weight is 394 g/mol. The molecule has 7 heteroatoms. The molecule has 3 rings (SSSR count). The Morgan fingerprint density at radius 3 is 2.81 bits per heavy atom. The first kappa shape index (κ1) is 18.7. The molecular weight excluding hydrogens is 377 g/mol. The maximum Gasteiger partial charge on any atom is 0.343 e. The number of anilines is 1. The van der Waals surface area contributed by atoms with Gasteiger partial charge in [0.2, 0.25) is 0 Å². The summed E-state index contributed by atoms with van der Waals surface area (Å²) in [5, 5.41) is 0.321. The molecule has 26 heavy (non-hydrogen) atoms. The molecule has 0 saturated carbocycles. The molecule has 0 radical (unpaired) electrons. The Balaban J connectivity index is 1.73. The Morgan fingerprint density at radius 2 is 2.04 bits per heavy atom. The highest BCUT2D eigenvalue weighted by Crippen LogP contribution is 2.37. The van der Waals surface area contributed by atoms with Crippen LogP contribution in [-0.2, 0) is 9.53 Å². The van der Waals surface area contributed by atoms with Gasteiger partial charge in [-0.3, -0.25) is 4.79 Å². The molecular formula is C19H17ClFNO3S. The Labute approximate surface area is 160 Å². The standard InChI is InChI=1S/C19H17ClFNO3S/c1-12-9-10-22(15-7-2-3-8-16(15)26-12)17(23)11-25-19(24)18-13(20)5-4-6-14(18)21/h2-8,12H,9-11H2,1H3/t12-/m1/s1. The Kier molecular flexibility index (Phi) is 5.84. The van der Waals surface area contributed by atoms with Crippen molar-refractivity contribution >= 4 is 40.9 Å². The van der Waals surface area contributed by atoms with Crippen molar-refractivity contribution in [3.63, 3.8) is 0 Å². The number of halogens is 2. The summed E-state index contributed by atoms with van der Waals surface area (Å²) in [7, 11) is 0. The Morgan fingerprint density at radius 1 is 1.27 bits per heavy atom. The van der Waals surface area contributed by atoms with E-state index in [1.807, 2.05) is 24.3 Å². The highest BCUT2D eigenvalue weighted by Gasteiger charge is 2.26. The van der Waals surface area contributed by atoms with Crippen molar-refractivity contribution in [1.29, 1.82) is 0 Å².